The number of aromatic nitrogens is 4. The standard InChI is InChI=1S/C14H19N5O4/c1-16-11-10(12(20)17(2)14(16)21)19-8-9(23-13(19)15-11)7-18-3-5-22-6-4-18/h9H,3-8H2,1-2H3. The van der Waals surface area contributed by atoms with Gasteiger partial charge < -0.3 is 9.47 Å². The van der Waals surface area contributed by atoms with Crippen molar-refractivity contribution in [3.8, 4) is 6.01 Å². The molecule has 1 atom stereocenters. The van der Waals surface area contributed by atoms with Crippen molar-refractivity contribution < 1.29 is 9.47 Å². The summed E-state index contributed by atoms with van der Waals surface area (Å²) >= 11 is 0. The SMILES string of the molecule is Cn1c(=O)c2c(nc3n2CC(CN2CCOCC2)O3)n(C)c1=O. The third-order valence-corrected chi connectivity index (χ3v) is 4.54. The van der Waals surface area contributed by atoms with Gasteiger partial charge in [-0.15, -0.1) is 0 Å². The zero-order valence-electron chi connectivity index (χ0n) is 13.2. The van der Waals surface area contributed by atoms with E-state index in [0.29, 0.717) is 23.7 Å². The summed E-state index contributed by atoms with van der Waals surface area (Å²) in [5, 5.41) is 0. The summed E-state index contributed by atoms with van der Waals surface area (Å²) in [5.74, 6) is 0. The Morgan fingerprint density at radius 3 is 2.65 bits per heavy atom. The first-order valence-electron chi connectivity index (χ1n) is 7.69. The Balaban J connectivity index is 1.67. The highest BCUT2D eigenvalue weighted by Gasteiger charge is 2.31. The molecule has 1 saturated heterocycles. The fourth-order valence-corrected chi connectivity index (χ4v) is 3.24. The van der Waals surface area contributed by atoms with Crippen LogP contribution in [-0.4, -0.2) is 62.5 Å². The molecular formula is C14H19N5O4. The number of fused-ring (bicyclic) bond motifs is 3. The molecule has 0 saturated carbocycles. The minimum atomic E-state index is -0.385. The zero-order valence-corrected chi connectivity index (χ0v) is 13.2. The lowest BCUT2D eigenvalue weighted by Crippen LogP contribution is -2.42. The second kappa shape index (κ2) is 5.20. The predicted octanol–water partition coefficient (Wildman–Crippen LogP) is -1.47. The Hall–Kier alpha value is -2.13. The molecule has 4 heterocycles. The molecule has 0 spiro atoms. The fourth-order valence-electron chi connectivity index (χ4n) is 3.24. The summed E-state index contributed by atoms with van der Waals surface area (Å²) in [6, 6.07) is 0.413. The Labute approximate surface area is 131 Å². The van der Waals surface area contributed by atoms with Crippen LogP contribution in [0.1, 0.15) is 0 Å². The molecule has 23 heavy (non-hydrogen) atoms. The van der Waals surface area contributed by atoms with Gasteiger partial charge >= 0.3 is 5.69 Å². The number of imidazole rings is 1. The van der Waals surface area contributed by atoms with Crippen LogP contribution in [0.15, 0.2) is 9.59 Å². The molecule has 1 fully saturated rings. The molecular weight excluding hydrogens is 302 g/mol. The van der Waals surface area contributed by atoms with Gasteiger partial charge in [-0.1, -0.05) is 0 Å². The van der Waals surface area contributed by atoms with E-state index in [1.165, 1.54) is 11.6 Å². The van der Waals surface area contributed by atoms with Crippen LogP contribution >= 0.6 is 0 Å². The maximum absolute atomic E-state index is 12.4. The molecule has 2 aromatic heterocycles. The highest BCUT2D eigenvalue weighted by Crippen LogP contribution is 2.25. The second-order valence-electron chi connectivity index (χ2n) is 6.04. The monoisotopic (exact) mass is 321 g/mol. The molecule has 2 aromatic rings. The van der Waals surface area contributed by atoms with E-state index < -0.39 is 0 Å². The van der Waals surface area contributed by atoms with Gasteiger partial charge in [0.15, 0.2) is 11.2 Å². The second-order valence-corrected chi connectivity index (χ2v) is 6.04. The molecule has 2 aliphatic heterocycles. The number of morpholine rings is 1. The summed E-state index contributed by atoms with van der Waals surface area (Å²) in [7, 11) is 3.09. The van der Waals surface area contributed by atoms with Gasteiger partial charge in [0.1, 0.15) is 6.10 Å². The highest BCUT2D eigenvalue weighted by atomic mass is 16.5. The molecule has 9 nitrogen and oxygen atoms in total. The van der Waals surface area contributed by atoms with E-state index in [1.807, 2.05) is 0 Å². The number of nitrogens with zero attached hydrogens (tertiary/aromatic N) is 5. The van der Waals surface area contributed by atoms with Crippen molar-refractivity contribution in [1.82, 2.24) is 23.6 Å². The molecule has 9 heteroatoms. The lowest BCUT2D eigenvalue weighted by atomic mass is 10.3. The van der Waals surface area contributed by atoms with Crippen LogP contribution in [0.5, 0.6) is 6.01 Å². The normalized spacial score (nSPS) is 21.6. The van der Waals surface area contributed by atoms with Gasteiger partial charge in [-0.25, -0.2) is 4.79 Å². The maximum atomic E-state index is 12.4. The van der Waals surface area contributed by atoms with Crippen molar-refractivity contribution in [1.29, 1.82) is 0 Å². The summed E-state index contributed by atoms with van der Waals surface area (Å²) in [6.07, 6.45) is -0.0399. The van der Waals surface area contributed by atoms with E-state index in [2.05, 4.69) is 9.88 Å². The topological polar surface area (TPSA) is 83.5 Å². The molecule has 4 rings (SSSR count). The number of ether oxygens (including phenoxy) is 2. The lowest BCUT2D eigenvalue weighted by molar-refractivity contribution is 0.0216. The van der Waals surface area contributed by atoms with E-state index in [1.54, 1.807) is 11.6 Å². The molecule has 1 unspecified atom stereocenters. The zero-order chi connectivity index (χ0) is 16.1. The van der Waals surface area contributed by atoms with E-state index in [0.717, 1.165) is 37.4 Å². The molecule has 0 aromatic carbocycles. The van der Waals surface area contributed by atoms with Crippen molar-refractivity contribution in [3.05, 3.63) is 20.8 Å². The third kappa shape index (κ3) is 2.19. The fraction of sp³-hybridized carbons (Fsp3) is 0.643. The van der Waals surface area contributed by atoms with E-state index in [9.17, 15) is 9.59 Å². The first-order valence-corrected chi connectivity index (χ1v) is 7.69. The Morgan fingerprint density at radius 2 is 1.91 bits per heavy atom. The van der Waals surface area contributed by atoms with Gasteiger partial charge in [-0.3, -0.25) is 23.4 Å². The smallest absolute Gasteiger partial charge is 0.332 e. The molecule has 0 radical (unpaired) electrons. The van der Waals surface area contributed by atoms with Gasteiger partial charge in [0.2, 0.25) is 0 Å². The Morgan fingerprint density at radius 1 is 1.17 bits per heavy atom. The Kier molecular flexibility index (Phi) is 3.27. The predicted molar refractivity (Wildman–Crippen MR) is 81.9 cm³/mol. The van der Waals surface area contributed by atoms with Gasteiger partial charge in [0.05, 0.1) is 19.8 Å². The molecule has 124 valence electrons. The van der Waals surface area contributed by atoms with Crippen molar-refractivity contribution in [2.24, 2.45) is 14.1 Å². The molecule has 0 aliphatic carbocycles. The van der Waals surface area contributed by atoms with Crippen molar-refractivity contribution in [3.63, 3.8) is 0 Å². The molecule has 2 aliphatic rings. The van der Waals surface area contributed by atoms with Gasteiger partial charge in [0.25, 0.3) is 11.6 Å². The minimum Gasteiger partial charge on any atom is -0.458 e. The molecule has 0 bridgehead atoms. The number of hydrogen-bond donors (Lipinski definition) is 0. The van der Waals surface area contributed by atoms with Crippen LogP contribution in [0.4, 0.5) is 0 Å². The van der Waals surface area contributed by atoms with Crippen LogP contribution in [0.25, 0.3) is 11.2 Å². The first kappa shape index (κ1) is 14.5. The van der Waals surface area contributed by atoms with Gasteiger partial charge in [-0.05, 0) is 0 Å². The largest absolute Gasteiger partial charge is 0.458 e. The molecule has 0 N–H and O–H groups in total. The summed E-state index contributed by atoms with van der Waals surface area (Å²) in [6.45, 7) is 4.60. The van der Waals surface area contributed by atoms with Crippen LogP contribution < -0.4 is 16.0 Å². The maximum Gasteiger partial charge on any atom is 0.332 e. The number of aryl methyl sites for hydroxylation is 1. The minimum absolute atomic E-state index is 0.0399. The van der Waals surface area contributed by atoms with Crippen molar-refractivity contribution >= 4 is 11.2 Å². The van der Waals surface area contributed by atoms with Crippen molar-refractivity contribution in [2.75, 3.05) is 32.8 Å². The van der Waals surface area contributed by atoms with Crippen LogP contribution in [0.3, 0.4) is 0 Å². The summed E-state index contributed by atoms with van der Waals surface area (Å²) in [4.78, 5) is 31.0. The third-order valence-electron chi connectivity index (χ3n) is 4.54. The van der Waals surface area contributed by atoms with Gasteiger partial charge in [0, 0.05) is 33.7 Å². The van der Waals surface area contributed by atoms with E-state index >= 15 is 0 Å². The average Bonchev–Trinajstić information content (AvgIpc) is 3.09. The quantitative estimate of drug-likeness (QED) is 0.671. The van der Waals surface area contributed by atoms with Crippen LogP contribution in [0.2, 0.25) is 0 Å². The van der Waals surface area contributed by atoms with Crippen LogP contribution in [0, 0.1) is 0 Å². The van der Waals surface area contributed by atoms with Crippen molar-refractivity contribution in [2.45, 2.75) is 12.6 Å². The highest BCUT2D eigenvalue weighted by molar-refractivity contribution is 5.72. The van der Waals surface area contributed by atoms with E-state index in [4.69, 9.17) is 9.47 Å². The van der Waals surface area contributed by atoms with E-state index in [-0.39, 0.29) is 17.4 Å². The number of hydrogen-bond acceptors (Lipinski definition) is 6. The summed E-state index contributed by atoms with van der Waals surface area (Å²) in [5.41, 5.74) is 0.0774. The number of rotatable bonds is 2. The van der Waals surface area contributed by atoms with Crippen LogP contribution in [-0.2, 0) is 25.4 Å². The average molecular weight is 321 g/mol. The summed E-state index contributed by atoms with van der Waals surface area (Å²) < 4.78 is 15.5. The van der Waals surface area contributed by atoms with Gasteiger partial charge in [-0.2, -0.15) is 4.98 Å². The lowest BCUT2D eigenvalue weighted by Gasteiger charge is -2.28. The first-order chi connectivity index (χ1) is 11.1. The molecule has 0 amide bonds. The Bertz CT molecular complexity index is 874.